The summed E-state index contributed by atoms with van der Waals surface area (Å²) in [4.78, 5) is 14.9. The average Bonchev–Trinajstić information content (AvgIpc) is 2.36. The van der Waals surface area contributed by atoms with E-state index in [-0.39, 0.29) is 12.0 Å². The van der Waals surface area contributed by atoms with Crippen molar-refractivity contribution in [3.8, 4) is 10.8 Å². The molecular weight excluding hydrogens is 210 g/mol. The van der Waals surface area contributed by atoms with Crippen molar-refractivity contribution in [2.45, 2.75) is 12.5 Å². The summed E-state index contributed by atoms with van der Waals surface area (Å²) in [7, 11) is 0. The van der Waals surface area contributed by atoms with Gasteiger partial charge in [0.05, 0.1) is 6.10 Å². The number of hydrogen-bond donors (Lipinski definition) is 1. The Hall–Kier alpha value is -0.530. The zero-order chi connectivity index (χ0) is 8.27. The molecule has 1 aliphatic rings. The fraction of sp³-hybridized carbons (Fsp3) is 0.571. The molecule has 1 rings (SSSR count). The fourth-order valence-electron chi connectivity index (χ4n) is 1.05. The zero-order valence-corrected chi connectivity index (χ0v) is 7.47. The standard InChI is InChI=1S/C7H8BrNO2/c8-3-1-7(11)9-4-2-6(10)5-9/h6,10H,2,4-5H2. The molecule has 0 aromatic rings. The lowest BCUT2D eigenvalue weighted by Crippen LogP contribution is -2.28. The van der Waals surface area contributed by atoms with E-state index in [0.29, 0.717) is 19.5 Å². The third-order valence-electron chi connectivity index (χ3n) is 1.60. The SMILES string of the molecule is O=C(C#CBr)N1CCC(O)C1. The number of aliphatic hydroxyl groups excluding tert-OH is 1. The first kappa shape index (κ1) is 8.57. The minimum absolute atomic E-state index is 0.224. The first-order chi connectivity index (χ1) is 5.24. The third-order valence-corrected chi connectivity index (χ3v) is 1.80. The van der Waals surface area contributed by atoms with Crippen molar-refractivity contribution in [3.05, 3.63) is 0 Å². The Kier molecular flexibility index (Phi) is 2.92. The molecule has 0 spiro atoms. The highest BCUT2D eigenvalue weighted by molar-refractivity contribution is 9.12. The molecule has 1 atom stereocenters. The van der Waals surface area contributed by atoms with Gasteiger partial charge in [0.2, 0.25) is 0 Å². The van der Waals surface area contributed by atoms with E-state index in [0.717, 1.165) is 0 Å². The molecule has 3 nitrogen and oxygen atoms in total. The van der Waals surface area contributed by atoms with Crippen molar-refractivity contribution >= 4 is 21.8 Å². The number of amides is 1. The average molecular weight is 218 g/mol. The molecule has 0 aliphatic carbocycles. The summed E-state index contributed by atoms with van der Waals surface area (Å²) in [5.74, 6) is 2.13. The topological polar surface area (TPSA) is 40.5 Å². The van der Waals surface area contributed by atoms with Gasteiger partial charge in [0.1, 0.15) is 0 Å². The lowest BCUT2D eigenvalue weighted by atomic mass is 10.3. The third kappa shape index (κ3) is 2.21. The Morgan fingerprint density at radius 3 is 2.91 bits per heavy atom. The van der Waals surface area contributed by atoms with Crippen molar-refractivity contribution in [1.29, 1.82) is 0 Å². The maximum Gasteiger partial charge on any atom is 0.299 e. The van der Waals surface area contributed by atoms with E-state index in [1.165, 1.54) is 0 Å². The van der Waals surface area contributed by atoms with Crippen molar-refractivity contribution < 1.29 is 9.90 Å². The molecule has 0 bridgehead atoms. The van der Waals surface area contributed by atoms with Gasteiger partial charge in [-0.2, -0.15) is 0 Å². The van der Waals surface area contributed by atoms with E-state index in [4.69, 9.17) is 5.11 Å². The molecule has 0 aromatic carbocycles. The Balaban J connectivity index is 2.47. The van der Waals surface area contributed by atoms with E-state index in [2.05, 4.69) is 26.7 Å². The summed E-state index contributed by atoms with van der Waals surface area (Å²) >= 11 is 2.84. The van der Waals surface area contributed by atoms with Gasteiger partial charge in [-0.25, -0.2) is 0 Å². The molecule has 1 N–H and O–H groups in total. The van der Waals surface area contributed by atoms with Crippen LogP contribution in [0.2, 0.25) is 0 Å². The molecule has 1 aliphatic heterocycles. The number of β-amino-alcohol motifs (C(OH)–C–C–N with tert-alkyl or cyclic N) is 1. The van der Waals surface area contributed by atoms with Gasteiger partial charge in [-0.05, 0) is 11.3 Å². The van der Waals surface area contributed by atoms with E-state index >= 15 is 0 Å². The minimum Gasteiger partial charge on any atom is -0.391 e. The Labute approximate surface area is 73.5 Å². The van der Waals surface area contributed by atoms with E-state index < -0.39 is 0 Å². The van der Waals surface area contributed by atoms with Crippen LogP contribution in [0.1, 0.15) is 6.42 Å². The second-order valence-electron chi connectivity index (χ2n) is 2.41. The van der Waals surface area contributed by atoms with Crippen LogP contribution in [0.4, 0.5) is 0 Å². The summed E-state index contributed by atoms with van der Waals surface area (Å²) in [6, 6.07) is 0. The number of nitrogens with zero attached hydrogens (tertiary/aromatic N) is 1. The second-order valence-corrected chi connectivity index (χ2v) is 2.81. The molecule has 60 valence electrons. The first-order valence-corrected chi connectivity index (χ1v) is 4.12. The summed E-state index contributed by atoms with van der Waals surface area (Å²) in [5.41, 5.74) is 0. The highest BCUT2D eigenvalue weighted by atomic mass is 79.9. The van der Waals surface area contributed by atoms with Gasteiger partial charge in [-0.3, -0.25) is 4.79 Å². The molecule has 1 saturated heterocycles. The van der Waals surface area contributed by atoms with Crippen LogP contribution in [-0.2, 0) is 4.79 Å². The van der Waals surface area contributed by atoms with Crippen LogP contribution in [0.25, 0.3) is 0 Å². The minimum atomic E-state index is -0.365. The highest BCUT2D eigenvalue weighted by Crippen LogP contribution is 2.07. The van der Waals surface area contributed by atoms with Gasteiger partial charge in [0, 0.05) is 34.9 Å². The summed E-state index contributed by atoms with van der Waals surface area (Å²) in [6.45, 7) is 1.03. The number of aliphatic hydroxyl groups is 1. The number of rotatable bonds is 0. The quantitative estimate of drug-likeness (QED) is 0.578. The molecule has 1 unspecified atom stereocenters. The van der Waals surface area contributed by atoms with Gasteiger partial charge >= 0.3 is 0 Å². The van der Waals surface area contributed by atoms with Crippen LogP contribution in [0.5, 0.6) is 0 Å². The molecule has 1 fully saturated rings. The van der Waals surface area contributed by atoms with Gasteiger partial charge in [-0.1, -0.05) is 0 Å². The van der Waals surface area contributed by atoms with Gasteiger partial charge in [-0.15, -0.1) is 0 Å². The fourth-order valence-corrected chi connectivity index (χ4v) is 1.22. The Morgan fingerprint density at radius 2 is 2.45 bits per heavy atom. The predicted molar refractivity (Wildman–Crippen MR) is 43.9 cm³/mol. The molecule has 1 amide bonds. The van der Waals surface area contributed by atoms with Crippen molar-refractivity contribution in [2.24, 2.45) is 0 Å². The molecule has 0 radical (unpaired) electrons. The van der Waals surface area contributed by atoms with Gasteiger partial charge in [0.15, 0.2) is 0 Å². The highest BCUT2D eigenvalue weighted by Gasteiger charge is 2.22. The molecular formula is C7H8BrNO2. The number of halogens is 1. The number of carbonyl (C=O) groups is 1. The first-order valence-electron chi connectivity index (χ1n) is 3.32. The number of carbonyl (C=O) groups excluding carboxylic acids is 1. The second kappa shape index (κ2) is 3.74. The summed E-state index contributed by atoms with van der Waals surface area (Å²) in [5, 5.41) is 9.06. The molecule has 4 heteroatoms. The molecule has 0 aromatic heterocycles. The molecule has 1 heterocycles. The smallest absolute Gasteiger partial charge is 0.299 e. The Bertz CT molecular complexity index is 218. The lowest BCUT2D eigenvalue weighted by Gasteiger charge is -2.09. The monoisotopic (exact) mass is 217 g/mol. The summed E-state index contributed by atoms with van der Waals surface area (Å²) < 4.78 is 0. The van der Waals surface area contributed by atoms with Crippen LogP contribution in [0.3, 0.4) is 0 Å². The molecule has 11 heavy (non-hydrogen) atoms. The van der Waals surface area contributed by atoms with Crippen LogP contribution < -0.4 is 0 Å². The van der Waals surface area contributed by atoms with Gasteiger partial charge < -0.3 is 10.0 Å². The van der Waals surface area contributed by atoms with Crippen LogP contribution in [-0.4, -0.2) is 35.1 Å². The van der Waals surface area contributed by atoms with Crippen LogP contribution in [0.15, 0.2) is 0 Å². The zero-order valence-electron chi connectivity index (χ0n) is 5.88. The van der Waals surface area contributed by atoms with Gasteiger partial charge in [0.25, 0.3) is 5.91 Å². The number of hydrogen-bond acceptors (Lipinski definition) is 2. The normalized spacial score (nSPS) is 22.7. The van der Waals surface area contributed by atoms with Crippen molar-refractivity contribution in [1.82, 2.24) is 4.90 Å². The maximum absolute atomic E-state index is 11.0. The van der Waals surface area contributed by atoms with E-state index in [1.807, 2.05) is 0 Å². The van der Waals surface area contributed by atoms with Crippen molar-refractivity contribution in [3.63, 3.8) is 0 Å². The Morgan fingerprint density at radius 1 is 1.73 bits per heavy atom. The van der Waals surface area contributed by atoms with E-state index in [9.17, 15) is 4.79 Å². The van der Waals surface area contributed by atoms with Crippen molar-refractivity contribution in [2.75, 3.05) is 13.1 Å². The number of likely N-dealkylation sites (tertiary alicyclic amines) is 1. The van der Waals surface area contributed by atoms with E-state index in [1.54, 1.807) is 4.90 Å². The largest absolute Gasteiger partial charge is 0.391 e. The van der Waals surface area contributed by atoms with Crippen LogP contribution >= 0.6 is 15.9 Å². The maximum atomic E-state index is 11.0. The predicted octanol–water partition coefficient (Wildman–Crippen LogP) is -0.0646. The lowest BCUT2D eigenvalue weighted by molar-refractivity contribution is -0.124. The van der Waals surface area contributed by atoms with Crippen LogP contribution in [0, 0.1) is 10.8 Å². The summed E-state index contributed by atoms with van der Waals surface area (Å²) in [6.07, 6.45) is 0.298. The molecule has 0 saturated carbocycles.